The monoisotopic (exact) mass is 146 g/mol. The molecule has 0 aromatic carbocycles. The molecule has 9 heavy (non-hydrogen) atoms. The lowest BCUT2D eigenvalue weighted by molar-refractivity contribution is 0.194. The number of hydrogen-bond donors (Lipinski definition) is 0. The van der Waals surface area contributed by atoms with E-state index in [1.54, 1.807) is 6.08 Å². The van der Waals surface area contributed by atoms with E-state index in [2.05, 4.69) is 6.58 Å². The summed E-state index contributed by atoms with van der Waals surface area (Å²) < 4.78 is 5.02. The number of halogens is 1. The summed E-state index contributed by atoms with van der Waals surface area (Å²) in [5.74, 6) is 0.553. The maximum atomic E-state index is 5.35. The van der Waals surface area contributed by atoms with Gasteiger partial charge in [0.2, 0.25) is 0 Å². The van der Waals surface area contributed by atoms with Crippen molar-refractivity contribution in [2.24, 2.45) is 0 Å². The third-order valence-corrected chi connectivity index (χ3v) is 0.884. The van der Waals surface area contributed by atoms with Gasteiger partial charge < -0.3 is 4.74 Å². The number of allylic oxidation sites excluding steroid dienone is 1. The molecule has 0 heterocycles. The summed E-state index contributed by atoms with van der Waals surface area (Å²) in [6.07, 6.45) is 5.45. The maximum absolute atomic E-state index is 5.35. The highest BCUT2D eigenvalue weighted by Gasteiger charge is 1.74. The molecule has 2 heteroatoms. The Labute approximate surface area is 61.0 Å². The van der Waals surface area contributed by atoms with E-state index in [-0.39, 0.29) is 0 Å². The second-order valence-corrected chi connectivity index (χ2v) is 1.76. The fourth-order valence-corrected chi connectivity index (χ4v) is 0.476. The highest BCUT2D eigenvalue weighted by atomic mass is 35.5. The van der Waals surface area contributed by atoms with Crippen LogP contribution in [0.5, 0.6) is 0 Å². The van der Waals surface area contributed by atoms with Crippen molar-refractivity contribution in [2.45, 2.75) is 0 Å². The van der Waals surface area contributed by atoms with Gasteiger partial charge >= 0.3 is 0 Å². The fourth-order valence-electron chi connectivity index (χ4n) is 0.350. The summed E-state index contributed by atoms with van der Waals surface area (Å²) in [6, 6.07) is 0. The first-order chi connectivity index (χ1) is 4.41. The molecular weight excluding hydrogens is 136 g/mol. The van der Waals surface area contributed by atoms with E-state index in [4.69, 9.17) is 16.3 Å². The molecule has 0 atom stereocenters. The topological polar surface area (TPSA) is 9.23 Å². The second kappa shape index (κ2) is 7.73. The van der Waals surface area contributed by atoms with Crippen LogP contribution >= 0.6 is 11.6 Å². The minimum Gasteiger partial charge on any atom is -0.373 e. The summed E-state index contributed by atoms with van der Waals surface area (Å²) in [7, 11) is 0. The zero-order valence-electron chi connectivity index (χ0n) is 5.35. The molecule has 0 aromatic heterocycles. The third kappa shape index (κ3) is 7.73. The van der Waals surface area contributed by atoms with Gasteiger partial charge in [-0.15, -0.1) is 18.2 Å². The minimum absolute atomic E-state index is 0.553. The van der Waals surface area contributed by atoms with E-state index >= 15 is 0 Å². The number of ether oxygens (including phenoxy) is 1. The maximum Gasteiger partial charge on any atom is 0.0652 e. The summed E-state index contributed by atoms with van der Waals surface area (Å²) in [4.78, 5) is 0. The normalized spacial score (nSPS) is 10.3. The Bertz CT molecular complexity index is 88.9. The Morgan fingerprint density at radius 3 is 2.67 bits per heavy atom. The van der Waals surface area contributed by atoms with E-state index in [9.17, 15) is 0 Å². The highest BCUT2D eigenvalue weighted by molar-refractivity contribution is 6.18. The standard InChI is InChI=1S/C7H11ClO/c1-2-6-9-7-4-3-5-8/h2-4H,1,5-7H2. The van der Waals surface area contributed by atoms with Crippen molar-refractivity contribution in [1.82, 2.24) is 0 Å². The van der Waals surface area contributed by atoms with Crippen LogP contribution in [0.1, 0.15) is 0 Å². The molecule has 0 fully saturated rings. The van der Waals surface area contributed by atoms with Gasteiger partial charge in [-0.3, -0.25) is 0 Å². The van der Waals surface area contributed by atoms with E-state index in [1.807, 2.05) is 12.2 Å². The molecule has 0 unspecified atom stereocenters. The van der Waals surface area contributed by atoms with Crippen molar-refractivity contribution < 1.29 is 4.74 Å². The van der Waals surface area contributed by atoms with Crippen LogP contribution in [0, 0.1) is 0 Å². The molecule has 0 amide bonds. The van der Waals surface area contributed by atoms with Crippen molar-refractivity contribution in [3.05, 3.63) is 24.8 Å². The Morgan fingerprint density at radius 2 is 2.11 bits per heavy atom. The van der Waals surface area contributed by atoms with Crippen molar-refractivity contribution >= 4 is 11.6 Å². The predicted octanol–water partition coefficient (Wildman–Crippen LogP) is 1.98. The Hall–Kier alpha value is -0.270. The molecule has 0 aliphatic heterocycles. The molecule has 0 saturated heterocycles. The van der Waals surface area contributed by atoms with Crippen LogP contribution in [0.3, 0.4) is 0 Å². The van der Waals surface area contributed by atoms with Crippen LogP contribution in [0.2, 0.25) is 0 Å². The fraction of sp³-hybridized carbons (Fsp3) is 0.429. The minimum atomic E-state index is 0.553. The molecule has 0 bridgehead atoms. The van der Waals surface area contributed by atoms with Gasteiger partial charge in [-0.25, -0.2) is 0 Å². The van der Waals surface area contributed by atoms with Crippen LogP contribution in [-0.2, 0) is 4.74 Å². The predicted molar refractivity (Wildman–Crippen MR) is 40.9 cm³/mol. The summed E-state index contributed by atoms with van der Waals surface area (Å²) >= 11 is 5.35. The molecule has 0 aliphatic carbocycles. The van der Waals surface area contributed by atoms with Gasteiger partial charge in [-0.2, -0.15) is 0 Å². The molecular formula is C7H11ClO. The summed E-state index contributed by atoms with van der Waals surface area (Å²) in [6.45, 7) is 4.73. The molecule has 52 valence electrons. The number of hydrogen-bond acceptors (Lipinski definition) is 1. The van der Waals surface area contributed by atoms with Crippen molar-refractivity contribution in [2.75, 3.05) is 19.1 Å². The number of alkyl halides is 1. The number of rotatable bonds is 5. The molecule has 0 saturated carbocycles. The van der Waals surface area contributed by atoms with Gasteiger partial charge in [-0.1, -0.05) is 18.2 Å². The first-order valence-corrected chi connectivity index (χ1v) is 3.35. The van der Waals surface area contributed by atoms with Gasteiger partial charge in [0.05, 0.1) is 13.2 Å². The van der Waals surface area contributed by atoms with Gasteiger partial charge in [0.1, 0.15) is 0 Å². The lowest BCUT2D eigenvalue weighted by Gasteiger charge is -1.91. The van der Waals surface area contributed by atoms with Crippen LogP contribution in [0.15, 0.2) is 24.8 Å². The Morgan fingerprint density at radius 1 is 1.33 bits per heavy atom. The quantitative estimate of drug-likeness (QED) is 0.328. The average molecular weight is 147 g/mol. The lowest BCUT2D eigenvalue weighted by Crippen LogP contribution is -1.89. The van der Waals surface area contributed by atoms with E-state index in [0.29, 0.717) is 19.1 Å². The van der Waals surface area contributed by atoms with Gasteiger partial charge in [-0.05, 0) is 0 Å². The Kier molecular flexibility index (Phi) is 7.50. The van der Waals surface area contributed by atoms with Crippen molar-refractivity contribution in [3.63, 3.8) is 0 Å². The van der Waals surface area contributed by atoms with Crippen LogP contribution < -0.4 is 0 Å². The molecule has 0 rings (SSSR count). The summed E-state index contributed by atoms with van der Waals surface area (Å²) in [5.41, 5.74) is 0. The molecule has 0 spiro atoms. The smallest absolute Gasteiger partial charge is 0.0652 e. The van der Waals surface area contributed by atoms with Gasteiger partial charge in [0.15, 0.2) is 0 Å². The van der Waals surface area contributed by atoms with Crippen LogP contribution in [0.4, 0.5) is 0 Å². The third-order valence-electron chi connectivity index (χ3n) is 0.706. The Balaban J connectivity index is 2.90. The molecule has 0 radical (unpaired) electrons. The molecule has 0 aliphatic rings. The average Bonchev–Trinajstić information content (AvgIpc) is 1.89. The molecule has 0 N–H and O–H groups in total. The summed E-state index contributed by atoms with van der Waals surface area (Å²) in [5, 5.41) is 0. The van der Waals surface area contributed by atoms with Crippen LogP contribution in [0.25, 0.3) is 0 Å². The van der Waals surface area contributed by atoms with Gasteiger partial charge in [0, 0.05) is 5.88 Å². The zero-order chi connectivity index (χ0) is 6.95. The van der Waals surface area contributed by atoms with Crippen molar-refractivity contribution in [3.8, 4) is 0 Å². The van der Waals surface area contributed by atoms with E-state index in [1.165, 1.54) is 0 Å². The highest BCUT2D eigenvalue weighted by Crippen LogP contribution is 1.80. The molecule has 0 aromatic rings. The first-order valence-electron chi connectivity index (χ1n) is 2.81. The van der Waals surface area contributed by atoms with Gasteiger partial charge in [0.25, 0.3) is 0 Å². The lowest BCUT2D eigenvalue weighted by atomic mass is 10.5. The van der Waals surface area contributed by atoms with E-state index < -0.39 is 0 Å². The second-order valence-electron chi connectivity index (χ2n) is 1.45. The molecule has 1 nitrogen and oxygen atoms in total. The largest absolute Gasteiger partial charge is 0.373 e. The van der Waals surface area contributed by atoms with Crippen LogP contribution in [-0.4, -0.2) is 19.1 Å². The van der Waals surface area contributed by atoms with Crippen molar-refractivity contribution in [1.29, 1.82) is 0 Å². The SMILES string of the molecule is C=CCOCC=CCCl. The zero-order valence-corrected chi connectivity index (χ0v) is 6.10. The van der Waals surface area contributed by atoms with E-state index in [0.717, 1.165) is 0 Å². The first kappa shape index (κ1) is 8.73.